The van der Waals surface area contributed by atoms with Crippen molar-refractivity contribution in [1.82, 2.24) is 4.98 Å². The number of nitrogen functional groups attached to an aromatic ring is 1. The highest BCUT2D eigenvalue weighted by molar-refractivity contribution is 8.93. The van der Waals surface area contributed by atoms with Gasteiger partial charge in [-0.1, -0.05) is 11.8 Å². The molecule has 0 aliphatic carbocycles. The number of nitrogens with two attached hydrogens (primary N) is 2. The van der Waals surface area contributed by atoms with Gasteiger partial charge in [-0.2, -0.15) is 0 Å². The van der Waals surface area contributed by atoms with Crippen molar-refractivity contribution in [2.24, 2.45) is 5.73 Å². The third kappa shape index (κ3) is 6.26. The van der Waals surface area contributed by atoms with Gasteiger partial charge in [0.1, 0.15) is 0 Å². The number of hydrogen-bond donors (Lipinski definition) is 4. The second-order valence-electron chi connectivity index (χ2n) is 3.05. The number of halogens is 3. The fourth-order valence-electron chi connectivity index (χ4n) is 1.19. The third-order valence-electron chi connectivity index (χ3n) is 2.07. The number of amidine groups is 1. The minimum atomic E-state index is 0. The molecule has 0 saturated carbocycles. The van der Waals surface area contributed by atoms with Crippen LogP contribution in [0.25, 0.3) is 0 Å². The van der Waals surface area contributed by atoms with Gasteiger partial charge in [-0.15, -0.1) is 50.9 Å². The van der Waals surface area contributed by atoms with Crippen LogP contribution in [0.3, 0.4) is 0 Å². The molecule has 9 heteroatoms. The summed E-state index contributed by atoms with van der Waals surface area (Å²) >= 11 is 1.25. The van der Waals surface area contributed by atoms with Gasteiger partial charge in [-0.05, 0) is 6.92 Å². The zero-order valence-electron chi connectivity index (χ0n) is 10.0. The maximum Gasteiger partial charge on any atom is 0.151 e. The molecule has 0 bridgehead atoms. The number of nitrogens with zero attached hydrogens (tertiary/aromatic N) is 1. The Kier molecular flexibility index (Phi) is 14.0. The molecule has 0 saturated heterocycles. The lowest BCUT2D eigenvalue weighted by atomic mass is 10.2. The van der Waals surface area contributed by atoms with Gasteiger partial charge in [-0.25, -0.2) is 0 Å². The van der Waals surface area contributed by atoms with Crippen LogP contribution in [0, 0.1) is 12.3 Å². The van der Waals surface area contributed by atoms with Crippen LogP contribution in [-0.2, 0) is 5.75 Å². The minimum absolute atomic E-state index is 0. The first kappa shape index (κ1) is 23.1. The first-order valence-electron chi connectivity index (χ1n) is 4.44. The zero-order valence-corrected chi connectivity index (χ0v) is 16.0. The molecule has 1 heterocycles. The van der Waals surface area contributed by atoms with Crippen LogP contribution in [-0.4, -0.2) is 17.2 Å². The van der Waals surface area contributed by atoms with Gasteiger partial charge in [0.2, 0.25) is 0 Å². The summed E-state index contributed by atoms with van der Waals surface area (Å²) < 4.78 is 0. The summed E-state index contributed by atoms with van der Waals surface area (Å²) in [4.78, 5) is 4.16. The highest BCUT2D eigenvalue weighted by atomic mass is 79.9. The van der Waals surface area contributed by atoms with Gasteiger partial charge in [0.15, 0.2) is 5.17 Å². The molecule has 0 amide bonds. The van der Waals surface area contributed by atoms with Crippen molar-refractivity contribution in [2.45, 2.75) is 12.7 Å². The monoisotopic (exact) mass is 465 g/mol. The summed E-state index contributed by atoms with van der Waals surface area (Å²) in [7, 11) is 1.81. The largest absolute Gasteiger partial charge is 0.397 e. The van der Waals surface area contributed by atoms with Gasteiger partial charge < -0.3 is 16.8 Å². The van der Waals surface area contributed by atoms with E-state index in [1.165, 1.54) is 11.8 Å². The standard InChI is InChI=1S/C9H15N5S.3BrH/c1-5-8(10)6(4-15-9(11)12)7(13-2)3-14-5;;;/h3,13H,4,10H2,1-2H3,(H3,11,12);3*1H. The van der Waals surface area contributed by atoms with E-state index in [0.29, 0.717) is 11.4 Å². The maximum absolute atomic E-state index is 7.16. The summed E-state index contributed by atoms with van der Waals surface area (Å²) in [5.41, 5.74) is 14.5. The summed E-state index contributed by atoms with van der Waals surface area (Å²) in [6.07, 6.45) is 1.74. The molecule has 1 aromatic heterocycles. The Morgan fingerprint density at radius 3 is 2.44 bits per heavy atom. The van der Waals surface area contributed by atoms with E-state index in [2.05, 4.69) is 10.3 Å². The summed E-state index contributed by atoms with van der Waals surface area (Å²) in [6.45, 7) is 1.86. The van der Waals surface area contributed by atoms with Crippen LogP contribution in [0.5, 0.6) is 0 Å². The van der Waals surface area contributed by atoms with Gasteiger partial charge in [0, 0.05) is 18.4 Å². The molecular weight excluding hydrogens is 450 g/mol. The van der Waals surface area contributed by atoms with E-state index < -0.39 is 0 Å². The molecule has 6 N–H and O–H groups in total. The Morgan fingerprint density at radius 1 is 1.44 bits per heavy atom. The van der Waals surface area contributed by atoms with E-state index in [-0.39, 0.29) is 56.1 Å². The average molecular weight is 468 g/mol. The van der Waals surface area contributed by atoms with Crippen molar-refractivity contribution in [3.8, 4) is 0 Å². The minimum Gasteiger partial charge on any atom is -0.397 e. The van der Waals surface area contributed by atoms with Gasteiger partial charge in [0.05, 0.1) is 23.3 Å². The molecule has 0 radical (unpaired) electrons. The summed E-state index contributed by atoms with van der Waals surface area (Å²) in [5.74, 6) is 0.584. The van der Waals surface area contributed by atoms with Crippen LogP contribution >= 0.6 is 62.7 Å². The molecule has 5 nitrogen and oxygen atoms in total. The first-order valence-corrected chi connectivity index (χ1v) is 5.43. The maximum atomic E-state index is 7.16. The number of pyridine rings is 1. The number of anilines is 2. The number of nitrogens with one attached hydrogen (secondary N) is 2. The Labute approximate surface area is 143 Å². The molecule has 0 atom stereocenters. The fourth-order valence-corrected chi connectivity index (χ4v) is 1.80. The number of rotatable bonds is 3. The van der Waals surface area contributed by atoms with Crippen molar-refractivity contribution in [3.05, 3.63) is 17.5 Å². The first-order chi connectivity index (χ1) is 7.06. The normalized spacial score (nSPS) is 8.33. The second-order valence-corrected chi connectivity index (χ2v) is 4.07. The van der Waals surface area contributed by atoms with Crippen LogP contribution < -0.4 is 16.8 Å². The fraction of sp³-hybridized carbons (Fsp3) is 0.333. The van der Waals surface area contributed by atoms with E-state index in [1.54, 1.807) is 6.20 Å². The Balaban J connectivity index is -0.000000750. The van der Waals surface area contributed by atoms with Crippen LogP contribution in [0.15, 0.2) is 6.20 Å². The molecule has 0 spiro atoms. The average Bonchev–Trinajstić information content (AvgIpc) is 2.20. The highest BCUT2D eigenvalue weighted by Gasteiger charge is 2.09. The molecule has 106 valence electrons. The van der Waals surface area contributed by atoms with Crippen LogP contribution in [0.4, 0.5) is 11.4 Å². The van der Waals surface area contributed by atoms with Crippen molar-refractivity contribution < 1.29 is 0 Å². The van der Waals surface area contributed by atoms with Crippen LogP contribution in [0.1, 0.15) is 11.3 Å². The topological polar surface area (TPSA) is 101 Å². The van der Waals surface area contributed by atoms with Gasteiger partial charge >= 0.3 is 0 Å². The summed E-state index contributed by atoms with van der Waals surface area (Å²) in [5, 5.41) is 10.3. The summed E-state index contributed by atoms with van der Waals surface area (Å²) in [6, 6.07) is 0. The molecule has 0 unspecified atom stereocenters. The Bertz CT molecular complexity index is 389. The van der Waals surface area contributed by atoms with Crippen molar-refractivity contribution in [2.75, 3.05) is 18.1 Å². The molecule has 1 aromatic rings. The Hall–Kier alpha value is 0.01000. The molecule has 0 aliphatic heterocycles. The van der Waals surface area contributed by atoms with Crippen molar-refractivity contribution in [3.63, 3.8) is 0 Å². The number of thioether (sulfide) groups is 1. The van der Waals surface area contributed by atoms with E-state index in [0.717, 1.165) is 16.9 Å². The Morgan fingerprint density at radius 2 is 2.00 bits per heavy atom. The predicted molar refractivity (Wildman–Crippen MR) is 97.1 cm³/mol. The molecule has 0 aliphatic rings. The van der Waals surface area contributed by atoms with E-state index in [9.17, 15) is 0 Å². The van der Waals surface area contributed by atoms with Crippen molar-refractivity contribution in [1.29, 1.82) is 5.41 Å². The lowest BCUT2D eigenvalue weighted by Gasteiger charge is -2.12. The molecule has 1 rings (SSSR count). The number of hydrogen-bond acceptors (Lipinski definition) is 5. The van der Waals surface area contributed by atoms with E-state index in [1.807, 2.05) is 14.0 Å². The zero-order chi connectivity index (χ0) is 11.4. The SMILES string of the molecule is Br.Br.Br.CNc1cnc(C)c(N)c1CSC(=N)N. The second kappa shape index (κ2) is 10.9. The lowest BCUT2D eigenvalue weighted by molar-refractivity contribution is 1.17. The van der Waals surface area contributed by atoms with Gasteiger partial charge in [-0.3, -0.25) is 10.4 Å². The van der Waals surface area contributed by atoms with E-state index >= 15 is 0 Å². The third-order valence-corrected chi connectivity index (χ3v) is 2.81. The molecule has 0 fully saturated rings. The quantitative estimate of drug-likeness (QED) is 0.404. The lowest BCUT2D eigenvalue weighted by Crippen LogP contribution is -2.07. The predicted octanol–water partition coefficient (Wildman–Crippen LogP) is 2.87. The number of aromatic nitrogens is 1. The number of aryl methyl sites for hydroxylation is 1. The van der Waals surface area contributed by atoms with Gasteiger partial charge in [0.25, 0.3) is 0 Å². The smallest absolute Gasteiger partial charge is 0.151 e. The van der Waals surface area contributed by atoms with E-state index in [4.69, 9.17) is 16.9 Å². The molecule has 18 heavy (non-hydrogen) atoms. The van der Waals surface area contributed by atoms with Crippen LogP contribution in [0.2, 0.25) is 0 Å². The highest BCUT2D eigenvalue weighted by Crippen LogP contribution is 2.27. The van der Waals surface area contributed by atoms with Crippen molar-refractivity contribution >= 4 is 79.2 Å². The molecular formula is C9H18Br3N5S. The molecule has 0 aromatic carbocycles.